The van der Waals surface area contributed by atoms with Gasteiger partial charge in [0, 0.05) is 11.1 Å². The van der Waals surface area contributed by atoms with Gasteiger partial charge in [-0.1, -0.05) is 34.6 Å². The van der Waals surface area contributed by atoms with E-state index in [4.69, 9.17) is 4.74 Å². The van der Waals surface area contributed by atoms with Crippen LogP contribution in [0.25, 0.3) is 11.4 Å². The maximum atomic E-state index is 13.0. The van der Waals surface area contributed by atoms with Crippen LogP contribution >= 0.6 is 0 Å². The van der Waals surface area contributed by atoms with Crippen LogP contribution < -0.4 is 15.6 Å². The first-order chi connectivity index (χ1) is 15.6. The quantitative estimate of drug-likeness (QED) is 0.469. The summed E-state index contributed by atoms with van der Waals surface area (Å²) in [5.74, 6) is -0.733. The molecule has 0 aliphatic rings. The Balaban J connectivity index is 2.56. The van der Waals surface area contributed by atoms with Crippen molar-refractivity contribution in [3.05, 3.63) is 45.4 Å². The van der Waals surface area contributed by atoms with Crippen LogP contribution in [0.5, 0.6) is 5.75 Å². The Morgan fingerprint density at radius 2 is 1.91 bits per heavy atom. The molecule has 2 rings (SSSR count). The average molecular weight is 458 g/mol. The molecule has 0 saturated heterocycles. The second kappa shape index (κ2) is 11.1. The van der Waals surface area contributed by atoms with Crippen LogP contribution in [-0.4, -0.2) is 39.1 Å². The summed E-state index contributed by atoms with van der Waals surface area (Å²) in [5.41, 5.74) is 0.441. The summed E-state index contributed by atoms with van der Waals surface area (Å²) < 4.78 is 5.85. The minimum Gasteiger partial charge on any atom is -0.493 e. The minimum atomic E-state index is -1.41. The van der Waals surface area contributed by atoms with Crippen molar-refractivity contribution in [2.45, 2.75) is 72.8 Å². The zero-order valence-electron chi connectivity index (χ0n) is 20.4. The topological polar surface area (TPSA) is 121 Å². The number of hydrogen-bond donors (Lipinski definition) is 3. The van der Waals surface area contributed by atoms with Crippen molar-refractivity contribution in [3.63, 3.8) is 0 Å². The van der Waals surface area contributed by atoms with Gasteiger partial charge in [0.2, 0.25) is 0 Å². The molecule has 8 nitrogen and oxygen atoms in total. The Morgan fingerprint density at radius 3 is 2.45 bits per heavy atom. The van der Waals surface area contributed by atoms with E-state index in [1.165, 1.54) is 6.92 Å². The summed E-state index contributed by atoms with van der Waals surface area (Å²) >= 11 is 0. The van der Waals surface area contributed by atoms with Crippen molar-refractivity contribution in [2.24, 2.45) is 5.92 Å². The third-order valence-corrected chi connectivity index (χ3v) is 5.43. The number of ether oxygens (including phenoxy) is 1. The molecule has 1 heterocycles. The second-order valence-corrected chi connectivity index (χ2v) is 8.80. The maximum absolute atomic E-state index is 13.0. The molecule has 2 aromatic rings. The van der Waals surface area contributed by atoms with Crippen LogP contribution in [0.3, 0.4) is 0 Å². The highest BCUT2D eigenvalue weighted by Crippen LogP contribution is 2.30. The third kappa shape index (κ3) is 6.21. The van der Waals surface area contributed by atoms with Gasteiger partial charge in [-0.15, -0.1) is 0 Å². The number of rotatable bonds is 11. The number of hydrogen-bond acceptors (Lipinski definition) is 5. The van der Waals surface area contributed by atoms with Gasteiger partial charge in [-0.05, 0) is 56.7 Å². The zero-order valence-corrected chi connectivity index (χ0v) is 20.4. The number of nitrogens with one attached hydrogen (secondary N) is 2. The van der Waals surface area contributed by atoms with Crippen LogP contribution in [0.15, 0.2) is 23.0 Å². The molecule has 0 bridgehead atoms. The number of aryl methyl sites for hydroxylation is 1. The molecule has 0 spiro atoms. The molecule has 1 unspecified atom stereocenters. The van der Waals surface area contributed by atoms with Crippen molar-refractivity contribution in [2.75, 3.05) is 6.61 Å². The van der Waals surface area contributed by atoms with E-state index in [1.54, 1.807) is 18.2 Å². The van der Waals surface area contributed by atoms with Gasteiger partial charge in [0.05, 0.1) is 17.9 Å². The maximum Gasteiger partial charge on any atom is 0.329 e. The standard InChI is InChI=1S/C25H35N3O5/c1-7-12-33-20-11-10-16(22(29)28-25(6,24(31)32)14-15(4)5)13-18(20)21-26-19(9-3)17(8-2)23(30)27-21/h10-11,13,15H,7-9,12,14H2,1-6H3,(H,28,29)(H,31,32)(H,26,27,30). The number of carbonyl (C=O) groups excluding carboxylic acids is 1. The normalized spacial score (nSPS) is 12.9. The lowest BCUT2D eigenvalue weighted by Gasteiger charge is -2.28. The molecule has 1 aromatic heterocycles. The predicted molar refractivity (Wildman–Crippen MR) is 128 cm³/mol. The first-order valence-electron chi connectivity index (χ1n) is 11.5. The molecular formula is C25H35N3O5. The zero-order chi connectivity index (χ0) is 24.8. The van der Waals surface area contributed by atoms with Crippen molar-refractivity contribution in [1.29, 1.82) is 0 Å². The van der Waals surface area contributed by atoms with Gasteiger partial charge in [-0.25, -0.2) is 9.78 Å². The first kappa shape index (κ1) is 26.1. The van der Waals surface area contributed by atoms with E-state index >= 15 is 0 Å². The third-order valence-electron chi connectivity index (χ3n) is 5.43. The lowest BCUT2D eigenvalue weighted by atomic mass is 9.90. The SMILES string of the molecule is CCCOc1ccc(C(=O)NC(C)(CC(C)C)C(=O)O)cc1-c1nc(CC)c(CC)c(=O)[nH]1. The van der Waals surface area contributed by atoms with Gasteiger partial charge in [0.15, 0.2) is 0 Å². The number of aliphatic carboxylic acids is 1. The van der Waals surface area contributed by atoms with E-state index in [9.17, 15) is 19.5 Å². The van der Waals surface area contributed by atoms with Crippen LogP contribution in [0, 0.1) is 5.92 Å². The Kier molecular flexibility index (Phi) is 8.79. The number of carboxylic acids is 1. The van der Waals surface area contributed by atoms with E-state index in [-0.39, 0.29) is 23.5 Å². The molecule has 8 heteroatoms. The van der Waals surface area contributed by atoms with E-state index in [2.05, 4.69) is 15.3 Å². The molecule has 0 radical (unpaired) electrons. The monoisotopic (exact) mass is 457 g/mol. The van der Waals surface area contributed by atoms with Crippen molar-refractivity contribution in [1.82, 2.24) is 15.3 Å². The molecule has 180 valence electrons. The highest BCUT2D eigenvalue weighted by molar-refractivity contribution is 5.99. The van der Waals surface area contributed by atoms with Gasteiger partial charge in [0.1, 0.15) is 17.1 Å². The molecule has 1 aromatic carbocycles. The molecule has 0 saturated carbocycles. The Morgan fingerprint density at radius 1 is 1.21 bits per heavy atom. The molecule has 0 fully saturated rings. The van der Waals surface area contributed by atoms with Crippen LogP contribution in [-0.2, 0) is 17.6 Å². The van der Waals surface area contributed by atoms with E-state index in [1.807, 2.05) is 34.6 Å². The van der Waals surface area contributed by atoms with Gasteiger partial charge in [-0.2, -0.15) is 0 Å². The highest BCUT2D eigenvalue weighted by atomic mass is 16.5. The molecular weight excluding hydrogens is 422 g/mol. The van der Waals surface area contributed by atoms with Gasteiger partial charge in [0.25, 0.3) is 11.5 Å². The van der Waals surface area contributed by atoms with Crippen molar-refractivity contribution < 1.29 is 19.4 Å². The van der Waals surface area contributed by atoms with Crippen LogP contribution in [0.1, 0.15) is 76.0 Å². The van der Waals surface area contributed by atoms with Crippen LogP contribution in [0.4, 0.5) is 0 Å². The number of nitrogens with zero attached hydrogens (tertiary/aromatic N) is 1. The average Bonchev–Trinajstić information content (AvgIpc) is 2.76. The molecule has 0 aliphatic heterocycles. The second-order valence-electron chi connectivity index (χ2n) is 8.80. The lowest BCUT2D eigenvalue weighted by molar-refractivity contribution is -0.144. The summed E-state index contributed by atoms with van der Waals surface area (Å²) in [7, 11) is 0. The van der Waals surface area contributed by atoms with Gasteiger partial charge >= 0.3 is 5.97 Å². The fraction of sp³-hybridized carbons (Fsp3) is 0.520. The molecule has 0 aliphatic carbocycles. The van der Waals surface area contributed by atoms with Gasteiger partial charge in [-0.3, -0.25) is 9.59 Å². The lowest BCUT2D eigenvalue weighted by Crippen LogP contribution is -2.53. The van der Waals surface area contributed by atoms with Crippen LogP contribution in [0.2, 0.25) is 0 Å². The van der Waals surface area contributed by atoms with Gasteiger partial charge < -0.3 is 20.1 Å². The summed E-state index contributed by atoms with van der Waals surface area (Å²) in [4.78, 5) is 45.0. The number of aromatic amines is 1. The fourth-order valence-electron chi connectivity index (χ4n) is 3.85. The number of H-pyrrole nitrogens is 1. The molecule has 33 heavy (non-hydrogen) atoms. The summed E-state index contributed by atoms with van der Waals surface area (Å²) in [6, 6.07) is 4.82. The minimum absolute atomic E-state index is 0.0746. The van der Waals surface area contributed by atoms with E-state index in [0.717, 1.165) is 6.42 Å². The number of carbonyl (C=O) groups is 2. The number of benzene rings is 1. The number of amides is 1. The number of aromatic nitrogens is 2. The van der Waals surface area contributed by atoms with Crippen molar-refractivity contribution in [3.8, 4) is 17.1 Å². The molecule has 1 atom stereocenters. The first-order valence-corrected chi connectivity index (χ1v) is 11.5. The summed E-state index contributed by atoms with van der Waals surface area (Å²) in [5, 5.41) is 12.4. The fourth-order valence-corrected chi connectivity index (χ4v) is 3.85. The smallest absolute Gasteiger partial charge is 0.329 e. The Hall–Kier alpha value is -3.16. The molecule has 3 N–H and O–H groups in total. The van der Waals surface area contributed by atoms with E-state index in [0.29, 0.717) is 47.8 Å². The summed E-state index contributed by atoms with van der Waals surface area (Å²) in [6.45, 7) is 11.6. The molecule has 1 amide bonds. The largest absolute Gasteiger partial charge is 0.493 e. The Bertz CT molecular complexity index is 1060. The van der Waals surface area contributed by atoms with E-state index < -0.39 is 17.4 Å². The Labute approximate surface area is 194 Å². The summed E-state index contributed by atoms with van der Waals surface area (Å²) in [6.07, 6.45) is 2.23. The number of carboxylic acid groups (broad SMARTS) is 1. The highest BCUT2D eigenvalue weighted by Gasteiger charge is 2.36. The predicted octanol–water partition coefficient (Wildman–Crippen LogP) is 3.97. The van der Waals surface area contributed by atoms with Crippen molar-refractivity contribution >= 4 is 11.9 Å².